The summed E-state index contributed by atoms with van der Waals surface area (Å²) in [6, 6.07) is 15.8. The third-order valence-electron chi connectivity index (χ3n) is 6.55. The number of nitrogens with two attached hydrogens (primary N) is 2. The van der Waals surface area contributed by atoms with Gasteiger partial charge in [0, 0.05) is 46.4 Å². The number of aryl methyl sites for hydroxylation is 2. The summed E-state index contributed by atoms with van der Waals surface area (Å²) >= 11 is 0. The van der Waals surface area contributed by atoms with Gasteiger partial charge < -0.3 is 27.2 Å². The highest BCUT2D eigenvalue weighted by Crippen LogP contribution is 2.32. The van der Waals surface area contributed by atoms with Crippen LogP contribution >= 0.6 is 24.8 Å². The fourth-order valence-electron chi connectivity index (χ4n) is 4.81. The Hall–Kier alpha value is -2.68. The van der Waals surface area contributed by atoms with Crippen molar-refractivity contribution in [2.75, 3.05) is 11.5 Å². The van der Waals surface area contributed by atoms with Crippen molar-refractivity contribution < 1.29 is 15.7 Å². The standard InChI is InChI=1S/2C13H14N2O.2ClH.H2O/c2*14-13-9-3-1-2-4-11(9)15-12-6-5-8(16)7-10(12)13;;;/h2*1-4,8,16H,5-7H2,(H2,14,15);2*1H;1H2. The Morgan fingerprint density at radius 2 is 1.03 bits per heavy atom. The van der Waals surface area contributed by atoms with Crippen LogP contribution in [0.3, 0.4) is 0 Å². The van der Waals surface area contributed by atoms with E-state index in [1.54, 1.807) is 0 Å². The minimum absolute atomic E-state index is 0. The molecule has 0 amide bonds. The number of benzene rings is 2. The molecule has 2 atom stereocenters. The molecule has 4 aromatic rings. The number of nitrogen functional groups attached to an aromatic ring is 2. The first-order valence-corrected chi connectivity index (χ1v) is 11.2. The normalized spacial score (nSPS) is 18.0. The van der Waals surface area contributed by atoms with Crippen LogP contribution in [-0.4, -0.2) is 37.9 Å². The predicted molar refractivity (Wildman–Crippen MR) is 146 cm³/mol. The summed E-state index contributed by atoms with van der Waals surface area (Å²) in [6.07, 6.45) is 3.97. The van der Waals surface area contributed by atoms with Gasteiger partial charge in [-0.2, -0.15) is 0 Å². The van der Waals surface area contributed by atoms with E-state index in [1.165, 1.54) is 0 Å². The highest BCUT2D eigenvalue weighted by molar-refractivity contribution is 5.93. The van der Waals surface area contributed by atoms with E-state index < -0.39 is 0 Å². The smallest absolute Gasteiger partial charge is 0.0726 e. The van der Waals surface area contributed by atoms with E-state index >= 15 is 0 Å². The largest absolute Gasteiger partial charge is 0.412 e. The van der Waals surface area contributed by atoms with Crippen LogP contribution in [0.2, 0.25) is 0 Å². The number of nitrogens with zero attached hydrogens (tertiary/aromatic N) is 2. The van der Waals surface area contributed by atoms with E-state index in [4.69, 9.17) is 11.5 Å². The number of anilines is 2. The summed E-state index contributed by atoms with van der Waals surface area (Å²) in [5, 5.41) is 21.3. The topological polar surface area (TPSA) is 150 Å². The quantitative estimate of drug-likeness (QED) is 0.280. The molecule has 2 aromatic heterocycles. The zero-order valence-corrected chi connectivity index (χ0v) is 20.9. The maximum absolute atomic E-state index is 9.67. The Labute approximate surface area is 216 Å². The molecule has 6 rings (SSSR count). The van der Waals surface area contributed by atoms with E-state index in [0.29, 0.717) is 12.8 Å². The molecular formula is C26H32Cl2N4O3. The number of aliphatic hydroxyl groups excluding tert-OH is 2. The van der Waals surface area contributed by atoms with Gasteiger partial charge in [0.2, 0.25) is 0 Å². The second-order valence-corrected chi connectivity index (χ2v) is 8.73. The number of aliphatic hydroxyl groups is 2. The molecule has 2 aromatic carbocycles. The molecule has 7 nitrogen and oxygen atoms in total. The van der Waals surface area contributed by atoms with Gasteiger partial charge in [-0.15, -0.1) is 24.8 Å². The molecule has 2 heterocycles. The third-order valence-corrected chi connectivity index (χ3v) is 6.55. The minimum Gasteiger partial charge on any atom is -0.412 e. The summed E-state index contributed by atoms with van der Waals surface area (Å²) in [6.45, 7) is 0. The van der Waals surface area contributed by atoms with Gasteiger partial charge in [-0.25, -0.2) is 0 Å². The van der Waals surface area contributed by atoms with Gasteiger partial charge >= 0.3 is 0 Å². The number of hydrogen-bond donors (Lipinski definition) is 4. The maximum Gasteiger partial charge on any atom is 0.0726 e. The lowest BCUT2D eigenvalue weighted by Gasteiger charge is -2.22. The van der Waals surface area contributed by atoms with Gasteiger partial charge in [0.05, 0.1) is 23.2 Å². The highest BCUT2D eigenvalue weighted by Gasteiger charge is 2.22. The van der Waals surface area contributed by atoms with Gasteiger partial charge in [-0.3, -0.25) is 9.97 Å². The van der Waals surface area contributed by atoms with Crippen LogP contribution in [0.15, 0.2) is 48.5 Å². The van der Waals surface area contributed by atoms with Crippen LogP contribution in [0.5, 0.6) is 0 Å². The lowest BCUT2D eigenvalue weighted by molar-refractivity contribution is 0.157. The van der Waals surface area contributed by atoms with Crippen LogP contribution in [0.4, 0.5) is 11.4 Å². The second kappa shape index (κ2) is 11.8. The molecule has 35 heavy (non-hydrogen) atoms. The first-order chi connectivity index (χ1) is 15.5. The molecule has 2 aliphatic carbocycles. The van der Waals surface area contributed by atoms with Crippen molar-refractivity contribution in [3.63, 3.8) is 0 Å². The molecule has 2 aliphatic rings. The summed E-state index contributed by atoms with van der Waals surface area (Å²) in [5.74, 6) is 0. The van der Waals surface area contributed by atoms with Crippen molar-refractivity contribution in [3.05, 3.63) is 71.0 Å². The van der Waals surface area contributed by atoms with E-state index in [1.807, 2.05) is 48.5 Å². The molecule has 0 bridgehead atoms. The Morgan fingerprint density at radius 3 is 1.43 bits per heavy atom. The molecule has 0 saturated heterocycles. The van der Waals surface area contributed by atoms with E-state index in [0.717, 1.165) is 81.4 Å². The van der Waals surface area contributed by atoms with Crippen LogP contribution in [0, 0.1) is 0 Å². The molecule has 0 saturated carbocycles. The molecule has 188 valence electrons. The van der Waals surface area contributed by atoms with Crippen LogP contribution in [-0.2, 0) is 25.7 Å². The number of para-hydroxylation sites is 2. The highest BCUT2D eigenvalue weighted by atomic mass is 35.5. The van der Waals surface area contributed by atoms with Crippen molar-refractivity contribution in [2.45, 2.75) is 50.7 Å². The van der Waals surface area contributed by atoms with E-state index in [2.05, 4.69) is 9.97 Å². The van der Waals surface area contributed by atoms with Crippen LogP contribution in [0.25, 0.3) is 21.8 Å². The van der Waals surface area contributed by atoms with Crippen LogP contribution in [0.1, 0.15) is 35.4 Å². The van der Waals surface area contributed by atoms with Gasteiger partial charge in [0.1, 0.15) is 0 Å². The fourth-order valence-corrected chi connectivity index (χ4v) is 4.81. The fraction of sp³-hybridized carbons (Fsp3) is 0.308. The zero-order valence-electron chi connectivity index (χ0n) is 19.3. The summed E-state index contributed by atoms with van der Waals surface area (Å²) in [7, 11) is 0. The number of halogens is 2. The Kier molecular flexibility index (Phi) is 9.66. The Bertz CT molecular complexity index is 1220. The molecule has 9 heteroatoms. The number of aromatic nitrogens is 2. The SMILES string of the molecule is Cl.Cl.Nc1c2c(nc3ccccc13)CCC(O)C2.Nc1c2c(nc3ccccc13)CCC(O)C2.O. The number of pyridine rings is 2. The molecule has 0 aliphatic heterocycles. The molecular weight excluding hydrogens is 487 g/mol. The molecule has 0 fully saturated rings. The Balaban J connectivity index is 0.000000227. The minimum atomic E-state index is -0.266. The molecule has 0 spiro atoms. The van der Waals surface area contributed by atoms with E-state index in [9.17, 15) is 10.2 Å². The van der Waals surface area contributed by atoms with Crippen molar-refractivity contribution in [2.24, 2.45) is 0 Å². The molecule has 8 N–H and O–H groups in total. The van der Waals surface area contributed by atoms with Gasteiger partial charge in [0.25, 0.3) is 0 Å². The summed E-state index contributed by atoms with van der Waals surface area (Å²) < 4.78 is 0. The zero-order chi connectivity index (χ0) is 22.2. The summed E-state index contributed by atoms with van der Waals surface area (Å²) in [5.41, 5.74) is 20.0. The van der Waals surface area contributed by atoms with Crippen LogP contribution < -0.4 is 11.5 Å². The van der Waals surface area contributed by atoms with E-state index in [-0.39, 0.29) is 42.5 Å². The van der Waals surface area contributed by atoms with Gasteiger partial charge in [0.15, 0.2) is 0 Å². The monoisotopic (exact) mass is 518 g/mol. The number of fused-ring (bicyclic) bond motifs is 4. The van der Waals surface area contributed by atoms with Crippen molar-refractivity contribution in [1.29, 1.82) is 0 Å². The van der Waals surface area contributed by atoms with Crippen molar-refractivity contribution in [3.8, 4) is 0 Å². The summed E-state index contributed by atoms with van der Waals surface area (Å²) in [4.78, 5) is 9.24. The average molecular weight is 519 g/mol. The van der Waals surface area contributed by atoms with Crippen molar-refractivity contribution in [1.82, 2.24) is 9.97 Å². The second-order valence-electron chi connectivity index (χ2n) is 8.73. The van der Waals surface area contributed by atoms with Crippen molar-refractivity contribution >= 4 is 58.0 Å². The van der Waals surface area contributed by atoms with Gasteiger partial charge in [-0.1, -0.05) is 36.4 Å². The maximum atomic E-state index is 9.67. The average Bonchev–Trinajstić information content (AvgIpc) is 2.81. The Morgan fingerprint density at radius 1 is 0.657 bits per heavy atom. The number of rotatable bonds is 0. The molecule has 2 unspecified atom stereocenters. The lowest BCUT2D eigenvalue weighted by Crippen LogP contribution is -2.21. The molecule has 0 radical (unpaired) electrons. The predicted octanol–water partition coefficient (Wildman–Crippen LogP) is 3.35. The first-order valence-electron chi connectivity index (χ1n) is 11.2. The first kappa shape index (κ1) is 28.6. The number of hydrogen-bond acceptors (Lipinski definition) is 6. The van der Waals surface area contributed by atoms with Gasteiger partial charge in [-0.05, 0) is 48.9 Å². The third kappa shape index (κ3) is 5.60. The lowest BCUT2D eigenvalue weighted by atomic mass is 9.91.